The van der Waals surface area contributed by atoms with Crippen LogP contribution < -0.4 is 10.5 Å². The molecule has 0 unspecified atom stereocenters. The van der Waals surface area contributed by atoms with Crippen LogP contribution in [0.5, 0.6) is 5.75 Å². The largest absolute Gasteiger partial charge is 0.489 e. The molecule has 2 N–H and O–H groups in total. The number of hydrogen-bond donors (Lipinski definition) is 1. The van der Waals surface area contributed by atoms with Gasteiger partial charge in [-0.2, -0.15) is 0 Å². The summed E-state index contributed by atoms with van der Waals surface area (Å²) in [4.78, 5) is 0. The summed E-state index contributed by atoms with van der Waals surface area (Å²) in [5.74, 6) is 0.265. The zero-order valence-electron chi connectivity index (χ0n) is 11.9. The van der Waals surface area contributed by atoms with Gasteiger partial charge in [0.15, 0.2) is 0 Å². The van der Waals surface area contributed by atoms with Gasteiger partial charge in [-0.05, 0) is 55.6 Å². The molecular formula is C17H20FNO. The van der Waals surface area contributed by atoms with Crippen molar-refractivity contribution in [1.82, 2.24) is 0 Å². The maximum atomic E-state index is 13.5. The predicted octanol–water partition coefficient (Wildman–Crippen LogP) is 3.52. The highest BCUT2D eigenvalue weighted by Crippen LogP contribution is 2.19. The Hall–Kier alpha value is -1.87. The zero-order chi connectivity index (χ0) is 14.5. The Kier molecular flexibility index (Phi) is 4.74. The Morgan fingerprint density at radius 3 is 2.65 bits per heavy atom. The maximum Gasteiger partial charge on any atom is 0.127 e. The van der Waals surface area contributed by atoms with Crippen molar-refractivity contribution >= 4 is 0 Å². The normalized spacial score (nSPS) is 10.6. The number of nitrogens with two attached hydrogens (primary N) is 1. The fourth-order valence-corrected chi connectivity index (χ4v) is 2.13. The minimum absolute atomic E-state index is 0.285. The van der Waals surface area contributed by atoms with Gasteiger partial charge in [0.25, 0.3) is 0 Å². The highest BCUT2D eigenvalue weighted by Gasteiger charge is 2.04. The minimum atomic E-state index is -0.285. The van der Waals surface area contributed by atoms with Crippen LogP contribution in [0, 0.1) is 19.7 Å². The highest BCUT2D eigenvalue weighted by atomic mass is 19.1. The lowest BCUT2D eigenvalue weighted by molar-refractivity contribution is 0.303. The second-order valence-electron chi connectivity index (χ2n) is 5.05. The molecule has 0 atom stereocenters. The summed E-state index contributed by atoms with van der Waals surface area (Å²) in [6.07, 6.45) is 0.650. The van der Waals surface area contributed by atoms with Crippen LogP contribution in [0.3, 0.4) is 0 Å². The number of ether oxygens (including phenoxy) is 1. The minimum Gasteiger partial charge on any atom is -0.489 e. The van der Waals surface area contributed by atoms with E-state index in [4.69, 9.17) is 10.5 Å². The van der Waals surface area contributed by atoms with Gasteiger partial charge in [-0.15, -0.1) is 0 Å². The maximum absolute atomic E-state index is 13.5. The van der Waals surface area contributed by atoms with Crippen LogP contribution >= 0.6 is 0 Å². The Labute approximate surface area is 119 Å². The fourth-order valence-electron chi connectivity index (χ4n) is 2.13. The van der Waals surface area contributed by atoms with Crippen molar-refractivity contribution in [2.75, 3.05) is 6.54 Å². The van der Waals surface area contributed by atoms with Gasteiger partial charge in [-0.25, -0.2) is 4.39 Å². The second-order valence-corrected chi connectivity index (χ2v) is 5.05. The van der Waals surface area contributed by atoms with Crippen molar-refractivity contribution < 1.29 is 9.13 Å². The van der Waals surface area contributed by atoms with E-state index in [9.17, 15) is 4.39 Å². The average Bonchev–Trinajstić information content (AvgIpc) is 2.40. The first kappa shape index (κ1) is 14.5. The molecule has 0 radical (unpaired) electrons. The highest BCUT2D eigenvalue weighted by molar-refractivity contribution is 5.32. The quantitative estimate of drug-likeness (QED) is 0.904. The Morgan fingerprint density at radius 1 is 1.10 bits per heavy atom. The average molecular weight is 273 g/mol. The summed E-state index contributed by atoms with van der Waals surface area (Å²) < 4.78 is 19.2. The molecule has 0 aromatic heterocycles. The van der Waals surface area contributed by atoms with Gasteiger partial charge in [0.2, 0.25) is 0 Å². The topological polar surface area (TPSA) is 35.2 Å². The summed E-state index contributed by atoms with van der Waals surface area (Å²) in [5, 5.41) is 0. The summed E-state index contributed by atoms with van der Waals surface area (Å²) in [7, 11) is 0. The van der Waals surface area contributed by atoms with Crippen LogP contribution in [0.2, 0.25) is 0 Å². The van der Waals surface area contributed by atoms with Crippen LogP contribution in [0.15, 0.2) is 36.4 Å². The molecule has 20 heavy (non-hydrogen) atoms. The van der Waals surface area contributed by atoms with E-state index in [1.54, 1.807) is 0 Å². The van der Waals surface area contributed by atoms with Gasteiger partial charge in [-0.3, -0.25) is 0 Å². The molecule has 3 heteroatoms. The van der Waals surface area contributed by atoms with Crippen molar-refractivity contribution in [3.8, 4) is 5.75 Å². The van der Waals surface area contributed by atoms with E-state index in [1.165, 1.54) is 23.3 Å². The number of halogens is 1. The van der Waals surface area contributed by atoms with Gasteiger partial charge < -0.3 is 10.5 Å². The number of benzene rings is 2. The third kappa shape index (κ3) is 3.81. The van der Waals surface area contributed by atoms with Crippen LogP contribution in [-0.2, 0) is 13.0 Å². The lowest BCUT2D eigenvalue weighted by Crippen LogP contribution is -2.04. The molecule has 0 saturated heterocycles. The molecule has 0 saturated carbocycles. The van der Waals surface area contributed by atoms with Gasteiger partial charge in [0, 0.05) is 6.07 Å². The first-order chi connectivity index (χ1) is 9.58. The van der Waals surface area contributed by atoms with E-state index in [0.29, 0.717) is 25.3 Å². The van der Waals surface area contributed by atoms with E-state index in [1.807, 2.05) is 19.9 Å². The molecule has 0 fully saturated rings. The SMILES string of the molecule is Cc1ccc(C)c(COc2cc(F)cc(CCN)c2)c1. The molecule has 2 aromatic carbocycles. The third-order valence-electron chi connectivity index (χ3n) is 3.26. The van der Waals surface area contributed by atoms with Crippen molar-refractivity contribution in [3.05, 3.63) is 64.5 Å². The Bertz CT molecular complexity index is 596. The van der Waals surface area contributed by atoms with Gasteiger partial charge in [0.05, 0.1) is 0 Å². The molecule has 0 amide bonds. The van der Waals surface area contributed by atoms with Gasteiger partial charge in [-0.1, -0.05) is 23.8 Å². The monoisotopic (exact) mass is 273 g/mol. The molecule has 0 bridgehead atoms. The van der Waals surface area contributed by atoms with E-state index in [2.05, 4.69) is 18.2 Å². The summed E-state index contributed by atoms with van der Waals surface area (Å²) >= 11 is 0. The van der Waals surface area contributed by atoms with Crippen molar-refractivity contribution in [1.29, 1.82) is 0 Å². The molecule has 2 nitrogen and oxygen atoms in total. The number of rotatable bonds is 5. The molecule has 2 aromatic rings. The molecule has 0 aliphatic carbocycles. The van der Waals surface area contributed by atoms with Crippen LogP contribution in [-0.4, -0.2) is 6.54 Å². The van der Waals surface area contributed by atoms with Crippen molar-refractivity contribution in [2.45, 2.75) is 26.9 Å². The van der Waals surface area contributed by atoms with E-state index in [-0.39, 0.29) is 5.82 Å². The molecule has 0 heterocycles. The van der Waals surface area contributed by atoms with E-state index >= 15 is 0 Å². The zero-order valence-corrected chi connectivity index (χ0v) is 11.9. The van der Waals surface area contributed by atoms with Crippen molar-refractivity contribution in [3.63, 3.8) is 0 Å². The van der Waals surface area contributed by atoms with Crippen LogP contribution in [0.25, 0.3) is 0 Å². The lowest BCUT2D eigenvalue weighted by Gasteiger charge is -2.11. The second kappa shape index (κ2) is 6.53. The van der Waals surface area contributed by atoms with Gasteiger partial charge in [0.1, 0.15) is 18.2 Å². The molecule has 0 aliphatic rings. The number of hydrogen-bond acceptors (Lipinski definition) is 2. The predicted molar refractivity (Wildman–Crippen MR) is 79.4 cm³/mol. The molecule has 0 aliphatic heterocycles. The summed E-state index contributed by atoms with van der Waals surface area (Å²) in [6.45, 7) is 5.03. The smallest absolute Gasteiger partial charge is 0.127 e. The Balaban J connectivity index is 2.12. The fraction of sp³-hybridized carbons (Fsp3) is 0.294. The van der Waals surface area contributed by atoms with E-state index in [0.717, 1.165) is 11.1 Å². The molecule has 2 rings (SSSR count). The number of aryl methyl sites for hydroxylation is 2. The van der Waals surface area contributed by atoms with Crippen molar-refractivity contribution in [2.24, 2.45) is 5.73 Å². The van der Waals surface area contributed by atoms with Crippen LogP contribution in [0.4, 0.5) is 4.39 Å². The standard InChI is InChI=1S/C17H20FNO/c1-12-3-4-13(2)15(7-12)11-20-17-9-14(5-6-19)8-16(18)10-17/h3-4,7-10H,5-6,11,19H2,1-2H3. The molecular weight excluding hydrogens is 253 g/mol. The first-order valence-corrected chi connectivity index (χ1v) is 6.77. The van der Waals surface area contributed by atoms with Gasteiger partial charge >= 0.3 is 0 Å². The lowest BCUT2D eigenvalue weighted by atomic mass is 10.1. The molecule has 106 valence electrons. The first-order valence-electron chi connectivity index (χ1n) is 6.77. The summed E-state index contributed by atoms with van der Waals surface area (Å²) in [5.41, 5.74) is 9.85. The van der Waals surface area contributed by atoms with E-state index < -0.39 is 0 Å². The third-order valence-corrected chi connectivity index (χ3v) is 3.26. The Morgan fingerprint density at radius 2 is 1.90 bits per heavy atom. The van der Waals surface area contributed by atoms with Crippen LogP contribution in [0.1, 0.15) is 22.3 Å². The summed E-state index contributed by atoms with van der Waals surface area (Å²) in [6, 6.07) is 11.0. The molecule has 0 spiro atoms.